The number of carbonyl (C=O) groups excluding carboxylic acids is 1. The highest BCUT2D eigenvalue weighted by Gasteiger charge is 2.13. The van der Waals surface area contributed by atoms with E-state index in [4.69, 9.17) is 4.74 Å². The quantitative estimate of drug-likeness (QED) is 0.565. The fourth-order valence-electron chi connectivity index (χ4n) is 2.58. The van der Waals surface area contributed by atoms with Gasteiger partial charge in [0.15, 0.2) is 6.61 Å². The van der Waals surface area contributed by atoms with Crippen molar-refractivity contribution >= 4 is 26.8 Å². The number of nitrogens with one attached hydrogen (secondary N) is 2. The Bertz CT molecular complexity index is 1060. The number of nitrogens with zero attached hydrogens (tertiary/aromatic N) is 1. The van der Waals surface area contributed by atoms with Crippen molar-refractivity contribution in [1.29, 1.82) is 0 Å². The molecule has 7 nitrogen and oxygen atoms in total. The van der Waals surface area contributed by atoms with Crippen molar-refractivity contribution in [3.8, 4) is 5.75 Å². The fourth-order valence-corrected chi connectivity index (χ4v) is 3.61. The lowest BCUT2D eigenvalue weighted by Gasteiger charge is -2.10. The van der Waals surface area contributed by atoms with Crippen LogP contribution in [0.5, 0.6) is 5.75 Å². The van der Waals surface area contributed by atoms with Gasteiger partial charge >= 0.3 is 0 Å². The van der Waals surface area contributed by atoms with Gasteiger partial charge in [0.25, 0.3) is 5.91 Å². The number of benzene rings is 2. The first kappa shape index (κ1) is 19.8. The molecule has 1 heterocycles. The van der Waals surface area contributed by atoms with Crippen LogP contribution in [0.3, 0.4) is 0 Å². The zero-order valence-corrected chi connectivity index (χ0v) is 16.2. The lowest BCUT2D eigenvalue weighted by Crippen LogP contribution is -2.36. The molecule has 0 radical (unpaired) electrons. The Morgan fingerprint density at radius 2 is 1.79 bits per heavy atom. The number of sulfonamides is 1. The molecule has 3 aromatic rings. The maximum Gasteiger partial charge on any atom is 0.257 e. The topological polar surface area (TPSA) is 97.4 Å². The van der Waals surface area contributed by atoms with Gasteiger partial charge in [-0.05, 0) is 31.2 Å². The number of carbonyl (C=O) groups is 1. The summed E-state index contributed by atoms with van der Waals surface area (Å²) < 4.78 is 32.3. The minimum absolute atomic E-state index is 0.0811. The number of aryl methyl sites for hydroxylation is 1. The second kappa shape index (κ2) is 8.81. The van der Waals surface area contributed by atoms with E-state index in [-0.39, 0.29) is 30.5 Å². The number of amides is 1. The lowest BCUT2D eigenvalue weighted by molar-refractivity contribution is -0.123. The van der Waals surface area contributed by atoms with Gasteiger partial charge in [-0.3, -0.25) is 9.78 Å². The van der Waals surface area contributed by atoms with E-state index < -0.39 is 10.0 Å². The third-order valence-electron chi connectivity index (χ3n) is 4.02. The van der Waals surface area contributed by atoms with Gasteiger partial charge in [0.2, 0.25) is 10.0 Å². The number of para-hydroxylation sites is 1. The van der Waals surface area contributed by atoms with Crippen LogP contribution in [0.2, 0.25) is 0 Å². The van der Waals surface area contributed by atoms with Gasteiger partial charge in [-0.15, -0.1) is 0 Å². The summed E-state index contributed by atoms with van der Waals surface area (Å²) in [5.74, 6) is 0.177. The Kier molecular flexibility index (Phi) is 6.23. The summed E-state index contributed by atoms with van der Waals surface area (Å²) in [7, 11) is -3.60. The van der Waals surface area contributed by atoms with Crippen LogP contribution in [0, 0.1) is 6.92 Å². The highest BCUT2D eigenvalue weighted by molar-refractivity contribution is 7.89. The molecule has 0 aliphatic carbocycles. The summed E-state index contributed by atoms with van der Waals surface area (Å²) in [6, 6.07) is 15.8. The number of hydrogen-bond acceptors (Lipinski definition) is 5. The lowest BCUT2D eigenvalue weighted by atomic mass is 10.2. The zero-order valence-electron chi connectivity index (χ0n) is 15.4. The molecule has 0 bridgehead atoms. The smallest absolute Gasteiger partial charge is 0.257 e. The highest BCUT2D eigenvalue weighted by Crippen LogP contribution is 2.22. The van der Waals surface area contributed by atoms with Crippen LogP contribution in [-0.2, 0) is 14.8 Å². The van der Waals surface area contributed by atoms with E-state index >= 15 is 0 Å². The van der Waals surface area contributed by atoms with Crippen LogP contribution in [-0.4, -0.2) is 39.0 Å². The first-order valence-electron chi connectivity index (χ1n) is 8.75. The molecular formula is C20H21N3O4S. The van der Waals surface area contributed by atoms with Gasteiger partial charge in [0, 0.05) is 24.7 Å². The number of aromatic nitrogens is 1. The maximum absolute atomic E-state index is 12.2. The van der Waals surface area contributed by atoms with Gasteiger partial charge in [-0.1, -0.05) is 35.9 Å². The maximum atomic E-state index is 12.2. The molecule has 1 amide bonds. The first-order chi connectivity index (χ1) is 13.5. The van der Waals surface area contributed by atoms with Crippen molar-refractivity contribution in [2.45, 2.75) is 11.8 Å². The Hall–Kier alpha value is -2.97. The predicted molar refractivity (Wildman–Crippen MR) is 107 cm³/mol. The van der Waals surface area contributed by atoms with Crippen molar-refractivity contribution < 1.29 is 17.9 Å². The molecule has 3 rings (SSSR count). The molecule has 2 aromatic carbocycles. The molecule has 0 saturated heterocycles. The Morgan fingerprint density at radius 3 is 2.57 bits per heavy atom. The summed E-state index contributed by atoms with van der Waals surface area (Å²) in [6.45, 7) is 1.94. The number of hydrogen-bond donors (Lipinski definition) is 2. The Morgan fingerprint density at radius 1 is 1.04 bits per heavy atom. The average Bonchev–Trinajstić information content (AvgIpc) is 2.70. The summed E-state index contributed by atoms with van der Waals surface area (Å²) in [5.41, 5.74) is 1.66. The molecule has 0 unspecified atom stereocenters. The second-order valence-corrected chi connectivity index (χ2v) is 7.95. The van der Waals surface area contributed by atoms with Crippen LogP contribution in [0.1, 0.15) is 5.56 Å². The summed E-state index contributed by atoms with van der Waals surface area (Å²) in [6.07, 6.45) is 1.66. The van der Waals surface area contributed by atoms with E-state index in [1.807, 2.05) is 31.2 Å². The third-order valence-corrected chi connectivity index (χ3v) is 5.50. The Labute approximate surface area is 163 Å². The SMILES string of the molecule is Cc1ccc(S(=O)(=O)NCCNC(=O)COc2cccc3cccnc23)cc1. The number of pyridine rings is 1. The van der Waals surface area contributed by atoms with E-state index in [0.29, 0.717) is 11.3 Å². The third kappa shape index (κ3) is 5.05. The molecular weight excluding hydrogens is 378 g/mol. The van der Waals surface area contributed by atoms with Crippen molar-refractivity contribution in [3.05, 3.63) is 66.4 Å². The zero-order chi connectivity index (χ0) is 20.0. The van der Waals surface area contributed by atoms with Gasteiger partial charge in [0.05, 0.1) is 4.90 Å². The number of ether oxygens (including phenoxy) is 1. The standard InChI is InChI=1S/C20H21N3O4S/c1-15-7-9-17(10-8-15)28(25,26)23-13-12-21-19(24)14-27-18-6-2-4-16-5-3-11-22-20(16)18/h2-11,23H,12-14H2,1H3,(H,21,24). The summed E-state index contributed by atoms with van der Waals surface area (Å²) >= 11 is 0. The first-order valence-corrected chi connectivity index (χ1v) is 10.2. The predicted octanol–water partition coefficient (Wildman–Crippen LogP) is 2.02. The molecule has 1 aromatic heterocycles. The van der Waals surface area contributed by atoms with Crippen LogP contribution < -0.4 is 14.8 Å². The molecule has 28 heavy (non-hydrogen) atoms. The summed E-state index contributed by atoms with van der Waals surface area (Å²) in [5, 5.41) is 3.54. The van der Waals surface area contributed by atoms with Gasteiger partial charge in [-0.2, -0.15) is 0 Å². The highest BCUT2D eigenvalue weighted by atomic mass is 32.2. The van der Waals surface area contributed by atoms with Crippen LogP contribution in [0.4, 0.5) is 0 Å². The molecule has 8 heteroatoms. The minimum Gasteiger partial charge on any atom is -0.481 e. The van der Waals surface area contributed by atoms with Gasteiger partial charge in [0.1, 0.15) is 11.3 Å². The molecule has 0 spiro atoms. The molecule has 0 aliphatic rings. The van der Waals surface area contributed by atoms with E-state index in [1.165, 1.54) is 0 Å². The van der Waals surface area contributed by atoms with Gasteiger partial charge < -0.3 is 10.1 Å². The van der Waals surface area contributed by atoms with Crippen LogP contribution >= 0.6 is 0 Å². The monoisotopic (exact) mass is 399 g/mol. The number of rotatable bonds is 8. The van der Waals surface area contributed by atoms with Crippen molar-refractivity contribution in [3.63, 3.8) is 0 Å². The second-order valence-electron chi connectivity index (χ2n) is 6.18. The molecule has 146 valence electrons. The normalized spacial score (nSPS) is 11.3. The largest absolute Gasteiger partial charge is 0.481 e. The van der Waals surface area contributed by atoms with Crippen LogP contribution in [0.15, 0.2) is 65.7 Å². The van der Waals surface area contributed by atoms with Gasteiger partial charge in [-0.25, -0.2) is 13.1 Å². The average molecular weight is 399 g/mol. The van der Waals surface area contributed by atoms with Crippen molar-refractivity contribution in [2.24, 2.45) is 0 Å². The molecule has 0 atom stereocenters. The summed E-state index contributed by atoms with van der Waals surface area (Å²) in [4.78, 5) is 16.4. The fraction of sp³-hybridized carbons (Fsp3) is 0.200. The van der Waals surface area contributed by atoms with Crippen molar-refractivity contribution in [1.82, 2.24) is 15.0 Å². The Balaban J connectivity index is 1.45. The van der Waals surface area contributed by atoms with E-state index in [0.717, 1.165) is 10.9 Å². The molecule has 0 fully saturated rings. The van der Waals surface area contributed by atoms with Crippen LogP contribution in [0.25, 0.3) is 10.9 Å². The van der Waals surface area contributed by atoms with E-state index in [9.17, 15) is 13.2 Å². The molecule has 0 saturated carbocycles. The van der Waals surface area contributed by atoms with E-state index in [1.54, 1.807) is 36.5 Å². The molecule has 2 N–H and O–H groups in total. The minimum atomic E-state index is -3.60. The molecule has 0 aliphatic heterocycles. The van der Waals surface area contributed by atoms with Crippen molar-refractivity contribution in [2.75, 3.05) is 19.7 Å². The number of fused-ring (bicyclic) bond motifs is 1. The van der Waals surface area contributed by atoms with E-state index in [2.05, 4.69) is 15.0 Å².